The van der Waals surface area contributed by atoms with E-state index in [0.717, 1.165) is 4.47 Å². The summed E-state index contributed by atoms with van der Waals surface area (Å²) >= 11 is 3.21. The Morgan fingerprint density at radius 2 is 1.67 bits per heavy atom. The van der Waals surface area contributed by atoms with Crippen molar-refractivity contribution in [2.45, 2.75) is 36.3 Å². The number of carbonyl (C=O) groups is 1. The number of benzene rings is 1. The number of carboxylic acids is 1. The van der Waals surface area contributed by atoms with Gasteiger partial charge in [-0.25, -0.2) is 8.42 Å². The number of rotatable bonds is 5. The summed E-state index contributed by atoms with van der Waals surface area (Å²) in [6, 6.07) is 6.01. The lowest BCUT2D eigenvalue weighted by Gasteiger charge is -2.26. The van der Waals surface area contributed by atoms with Crippen molar-refractivity contribution in [3.63, 3.8) is 0 Å². The van der Waals surface area contributed by atoms with Crippen LogP contribution >= 0.6 is 15.9 Å². The van der Waals surface area contributed by atoms with Crippen molar-refractivity contribution in [2.75, 3.05) is 0 Å². The summed E-state index contributed by atoms with van der Waals surface area (Å²) in [6.45, 7) is 3.15. The van der Waals surface area contributed by atoms with Crippen molar-refractivity contribution < 1.29 is 18.3 Å². The third-order valence-corrected chi connectivity index (χ3v) is 6.37. The van der Waals surface area contributed by atoms with Gasteiger partial charge in [0.25, 0.3) is 0 Å². The first kappa shape index (κ1) is 15.2. The maximum atomic E-state index is 12.5. The van der Waals surface area contributed by atoms with E-state index in [1.165, 1.54) is 12.1 Å². The molecule has 0 aliphatic rings. The Hall–Kier alpha value is -0.880. The number of carboxylic acid groups (broad SMARTS) is 1. The van der Waals surface area contributed by atoms with Crippen molar-refractivity contribution in [2.24, 2.45) is 0 Å². The van der Waals surface area contributed by atoms with Crippen molar-refractivity contribution in [1.82, 2.24) is 0 Å². The molecule has 6 heteroatoms. The van der Waals surface area contributed by atoms with Gasteiger partial charge < -0.3 is 5.11 Å². The topological polar surface area (TPSA) is 71.4 Å². The highest BCUT2D eigenvalue weighted by Gasteiger charge is 2.48. The Balaban J connectivity index is 3.44. The number of halogens is 1. The van der Waals surface area contributed by atoms with Crippen LogP contribution in [0.2, 0.25) is 0 Å². The second-order valence-corrected chi connectivity index (χ2v) is 7.14. The van der Waals surface area contributed by atoms with Crippen LogP contribution < -0.4 is 0 Å². The van der Waals surface area contributed by atoms with Crippen LogP contribution in [0.25, 0.3) is 0 Å². The molecule has 0 aromatic heterocycles. The average molecular weight is 335 g/mol. The third kappa shape index (κ3) is 2.31. The van der Waals surface area contributed by atoms with Gasteiger partial charge in [-0.2, -0.15) is 0 Å². The lowest BCUT2D eigenvalue weighted by atomic mass is 10.0. The molecular weight excluding hydrogens is 320 g/mol. The summed E-state index contributed by atoms with van der Waals surface area (Å²) in [5.74, 6) is -1.30. The van der Waals surface area contributed by atoms with E-state index in [4.69, 9.17) is 0 Å². The fourth-order valence-electron chi connectivity index (χ4n) is 1.89. The zero-order valence-electron chi connectivity index (χ0n) is 10.2. The normalized spacial score (nSPS) is 12.4. The Morgan fingerprint density at radius 3 is 2.00 bits per heavy atom. The molecule has 1 rings (SSSR count). The minimum absolute atomic E-state index is 0.0387. The van der Waals surface area contributed by atoms with Gasteiger partial charge in [-0.15, -0.1) is 0 Å². The maximum absolute atomic E-state index is 12.5. The molecule has 0 bridgehead atoms. The standard InChI is InChI=1S/C12H15BrO4S/c1-3-12(4-2,11(14)15)18(16,17)10-7-5-9(13)6-8-10/h5-8H,3-4H2,1-2H3,(H,14,15). The molecule has 0 amide bonds. The van der Waals surface area contributed by atoms with Crippen LogP contribution in [-0.4, -0.2) is 24.2 Å². The summed E-state index contributed by atoms with van der Waals surface area (Å²) in [7, 11) is -3.90. The highest BCUT2D eigenvalue weighted by atomic mass is 79.9. The van der Waals surface area contributed by atoms with Gasteiger partial charge in [0.1, 0.15) is 0 Å². The minimum Gasteiger partial charge on any atom is -0.480 e. The van der Waals surface area contributed by atoms with Gasteiger partial charge in [-0.3, -0.25) is 4.79 Å². The largest absolute Gasteiger partial charge is 0.480 e. The van der Waals surface area contributed by atoms with E-state index in [9.17, 15) is 18.3 Å². The molecule has 18 heavy (non-hydrogen) atoms. The summed E-state index contributed by atoms with van der Waals surface area (Å²) in [5.41, 5.74) is 0. The van der Waals surface area contributed by atoms with Crippen molar-refractivity contribution >= 4 is 31.7 Å². The van der Waals surface area contributed by atoms with E-state index in [0.29, 0.717) is 0 Å². The van der Waals surface area contributed by atoms with Gasteiger partial charge in [-0.1, -0.05) is 29.8 Å². The van der Waals surface area contributed by atoms with Gasteiger partial charge in [0, 0.05) is 4.47 Å². The average Bonchev–Trinajstić information content (AvgIpc) is 2.31. The number of aliphatic carboxylic acids is 1. The molecule has 1 N–H and O–H groups in total. The van der Waals surface area contributed by atoms with Crippen LogP contribution in [0, 0.1) is 0 Å². The van der Waals surface area contributed by atoms with E-state index >= 15 is 0 Å². The van der Waals surface area contributed by atoms with E-state index in [-0.39, 0.29) is 17.7 Å². The Morgan fingerprint density at radius 1 is 1.22 bits per heavy atom. The fourth-order valence-corrected chi connectivity index (χ4v) is 4.09. The van der Waals surface area contributed by atoms with Crippen molar-refractivity contribution in [3.05, 3.63) is 28.7 Å². The van der Waals surface area contributed by atoms with Gasteiger partial charge >= 0.3 is 5.97 Å². The molecule has 1 aromatic rings. The van der Waals surface area contributed by atoms with E-state index in [1.807, 2.05) is 0 Å². The lowest BCUT2D eigenvalue weighted by molar-refractivity contribution is -0.140. The van der Waals surface area contributed by atoms with E-state index in [2.05, 4.69) is 15.9 Å². The van der Waals surface area contributed by atoms with Crippen LogP contribution in [-0.2, 0) is 14.6 Å². The minimum atomic E-state index is -3.90. The van der Waals surface area contributed by atoms with E-state index in [1.54, 1.807) is 26.0 Å². The Kier molecular flexibility index (Phi) is 4.55. The second kappa shape index (κ2) is 5.40. The second-order valence-electron chi connectivity index (χ2n) is 3.96. The quantitative estimate of drug-likeness (QED) is 0.898. The van der Waals surface area contributed by atoms with Crippen LogP contribution in [0.5, 0.6) is 0 Å². The Bertz CT molecular complexity index is 530. The fraction of sp³-hybridized carbons (Fsp3) is 0.417. The number of hydrogen-bond acceptors (Lipinski definition) is 3. The summed E-state index contributed by atoms with van der Waals surface area (Å²) in [6.07, 6.45) is 0.0778. The SMILES string of the molecule is CCC(CC)(C(=O)O)S(=O)(=O)c1ccc(Br)cc1. The zero-order chi connectivity index (χ0) is 14.0. The van der Waals surface area contributed by atoms with Crippen molar-refractivity contribution in [1.29, 1.82) is 0 Å². The predicted octanol–water partition coefficient (Wildman–Crippen LogP) is 2.87. The molecule has 0 aliphatic heterocycles. The van der Waals surface area contributed by atoms with Gasteiger partial charge in [0.05, 0.1) is 4.90 Å². The first-order chi connectivity index (χ1) is 8.31. The zero-order valence-corrected chi connectivity index (χ0v) is 12.6. The Labute approximate surface area is 115 Å². The van der Waals surface area contributed by atoms with Gasteiger partial charge in [0.15, 0.2) is 14.6 Å². The monoisotopic (exact) mass is 334 g/mol. The summed E-state index contributed by atoms with van der Waals surface area (Å²) < 4.78 is 23.9. The summed E-state index contributed by atoms with van der Waals surface area (Å²) in [5, 5.41) is 9.29. The molecular formula is C12H15BrO4S. The lowest BCUT2D eigenvalue weighted by Crippen LogP contribution is -2.45. The van der Waals surface area contributed by atoms with E-state index < -0.39 is 20.6 Å². The molecule has 0 aliphatic carbocycles. The summed E-state index contributed by atoms with van der Waals surface area (Å²) in [4.78, 5) is 11.4. The maximum Gasteiger partial charge on any atom is 0.325 e. The molecule has 0 saturated heterocycles. The number of sulfone groups is 1. The molecule has 0 atom stereocenters. The predicted molar refractivity (Wildman–Crippen MR) is 72.3 cm³/mol. The number of hydrogen-bond donors (Lipinski definition) is 1. The first-order valence-corrected chi connectivity index (χ1v) is 7.83. The molecule has 0 spiro atoms. The highest BCUT2D eigenvalue weighted by molar-refractivity contribution is 9.10. The molecule has 0 unspecified atom stereocenters. The smallest absolute Gasteiger partial charge is 0.325 e. The van der Waals surface area contributed by atoms with Crippen LogP contribution in [0.1, 0.15) is 26.7 Å². The molecule has 0 radical (unpaired) electrons. The molecule has 1 aromatic carbocycles. The third-order valence-electron chi connectivity index (χ3n) is 3.17. The highest BCUT2D eigenvalue weighted by Crippen LogP contribution is 2.33. The first-order valence-electron chi connectivity index (χ1n) is 5.55. The van der Waals surface area contributed by atoms with Gasteiger partial charge in [-0.05, 0) is 37.1 Å². The molecule has 0 fully saturated rings. The molecule has 0 saturated carbocycles. The van der Waals surface area contributed by atoms with Crippen molar-refractivity contribution in [3.8, 4) is 0 Å². The van der Waals surface area contributed by atoms with Crippen LogP contribution in [0.4, 0.5) is 0 Å². The molecule has 4 nitrogen and oxygen atoms in total. The molecule has 100 valence electrons. The molecule has 0 heterocycles. The van der Waals surface area contributed by atoms with Crippen LogP contribution in [0.15, 0.2) is 33.6 Å². The van der Waals surface area contributed by atoms with Gasteiger partial charge in [0.2, 0.25) is 0 Å². The van der Waals surface area contributed by atoms with Crippen LogP contribution in [0.3, 0.4) is 0 Å².